The van der Waals surface area contributed by atoms with E-state index in [9.17, 15) is 0 Å². The van der Waals surface area contributed by atoms with E-state index in [1.165, 1.54) is 48.9 Å². The molecule has 0 saturated carbocycles. The molecule has 2 nitrogen and oxygen atoms in total. The van der Waals surface area contributed by atoms with E-state index in [4.69, 9.17) is 4.74 Å². The normalized spacial score (nSPS) is 29.8. The molecule has 0 aromatic carbocycles. The summed E-state index contributed by atoms with van der Waals surface area (Å²) in [6, 6.07) is 0. The molecule has 78 valence electrons. The molecule has 1 rings (SSSR count). The lowest BCUT2D eigenvalue weighted by Gasteiger charge is -2.34. The van der Waals surface area contributed by atoms with Gasteiger partial charge in [0.05, 0.1) is 0 Å². The maximum absolute atomic E-state index is 5.89. The Morgan fingerprint density at radius 2 is 2.15 bits per heavy atom. The largest absolute Gasteiger partial charge is 0.380 e. The van der Waals surface area contributed by atoms with Crippen LogP contribution in [-0.2, 0) is 4.74 Å². The number of nitrogens with zero attached hydrogens (tertiary/aromatic N) is 1. The van der Waals surface area contributed by atoms with Gasteiger partial charge in [-0.15, -0.1) is 0 Å². The maximum atomic E-state index is 5.89. The zero-order chi connectivity index (χ0) is 9.73. The van der Waals surface area contributed by atoms with Crippen LogP contribution in [0.25, 0.3) is 0 Å². The summed E-state index contributed by atoms with van der Waals surface area (Å²) < 4.78 is 5.89. The fourth-order valence-electron chi connectivity index (χ4n) is 1.96. The lowest BCUT2D eigenvalue weighted by Crippen LogP contribution is -2.37. The molecule has 1 aliphatic rings. The molecule has 1 atom stereocenters. The monoisotopic (exact) mass is 201 g/mol. The zero-order valence-corrected chi connectivity index (χ0v) is 11.3. The van der Waals surface area contributed by atoms with Crippen molar-refractivity contribution in [3.63, 3.8) is 0 Å². The van der Waals surface area contributed by atoms with Crippen LogP contribution in [-0.4, -0.2) is 47.6 Å². The molecule has 0 bridgehead atoms. The molecule has 0 radical (unpaired) electrons. The molecular weight excluding hydrogens is 178 g/mol. The van der Waals surface area contributed by atoms with Crippen LogP contribution in [0.3, 0.4) is 0 Å². The molecule has 0 N–H and O–H groups in total. The minimum atomic E-state index is 0.328. The van der Waals surface area contributed by atoms with Crippen LogP contribution in [0, 0.1) is 0 Å². The first-order chi connectivity index (χ1) is 6.12. The third kappa shape index (κ3) is 4.25. The van der Waals surface area contributed by atoms with E-state index in [1.54, 1.807) is 0 Å². The molecule has 0 aromatic heterocycles. The first-order valence-electron chi connectivity index (χ1n) is 5.41. The first-order valence-corrected chi connectivity index (χ1v) is 6.41. The van der Waals surface area contributed by atoms with Crippen LogP contribution in [0.2, 0.25) is 0 Å². The molecule has 1 saturated heterocycles. The van der Waals surface area contributed by atoms with Gasteiger partial charge in [0.1, 0.15) is 0 Å². The van der Waals surface area contributed by atoms with Crippen molar-refractivity contribution >= 4 is 10.2 Å². The Morgan fingerprint density at radius 3 is 2.69 bits per heavy atom. The van der Waals surface area contributed by atoms with Gasteiger partial charge in [-0.2, -0.15) is 0 Å². The van der Waals surface area contributed by atoms with Gasteiger partial charge in [-0.1, -0.05) is 0 Å². The summed E-state index contributed by atoms with van der Waals surface area (Å²) in [6.07, 6.45) is 6.53. The smallest absolute Gasteiger partial charge is 0.0486 e. The van der Waals surface area contributed by atoms with Crippen molar-refractivity contribution in [3.8, 4) is 0 Å². The standard InChI is InChI=1S/C10H23NOSi/c1-11(2)8-5-7-10(13)6-3-4-9-12-10/h3-9H2,1-2,13H3. The minimum Gasteiger partial charge on any atom is -0.380 e. The SMILES string of the molecule is CN(C)CCCC1([SiH3])CCCCO1. The van der Waals surface area contributed by atoms with Crippen molar-refractivity contribution in [2.45, 2.75) is 37.3 Å². The third-order valence-electron chi connectivity index (χ3n) is 2.86. The minimum absolute atomic E-state index is 0.328. The molecular formula is C10H23NOSi. The maximum Gasteiger partial charge on any atom is 0.0486 e. The van der Waals surface area contributed by atoms with E-state index in [1.807, 2.05) is 0 Å². The molecule has 0 spiro atoms. The van der Waals surface area contributed by atoms with Crippen LogP contribution in [0.1, 0.15) is 32.1 Å². The van der Waals surface area contributed by atoms with Crippen molar-refractivity contribution in [2.24, 2.45) is 0 Å². The highest BCUT2D eigenvalue weighted by atomic mass is 28.1. The highest BCUT2D eigenvalue weighted by Crippen LogP contribution is 2.26. The van der Waals surface area contributed by atoms with E-state index in [0.29, 0.717) is 5.22 Å². The second-order valence-corrected chi connectivity index (χ2v) is 6.48. The third-order valence-corrected chi connectivity index (χ3v) is 4.15. The molecule has 13 heavy (non-hydrogen) atoms. The van der Waals surface area contributed by atoms with Crippen molar-refractivity contribution in [1.82, 2.24) is 4.90 Å². The van der Waals surface area contributed by atoms with Crippen molar-refractivity contribution in [3.05, 3.63) is 0 Å². The lowest BCUT2D eigenvalue weighted by atomic mass is 10.0. The van der Waals surface area contributed by atoms with E-state index in [0.717, 1.165) is 6.61 Å². The summed E-state index contributed by atoms with van der Waals surface area (Å²) in [5.74, 6) is 0. The molecule has 1 unspecified atom stereocenters. The molecule has 1 fully saturated rings. The van der Waals surface area contributed by atoms with Crippen LogP contribution in [0.5, 0.6) is 0 Å². The molecule has 0 amide bonds. The number of ether oxygens (including phenoxy) is 1. The van der Waals surface area contributed by atoms with Gasteiger partial charge in [-0.3, -0.25) is 0 Å². The molecule has 1 aliphatic heterocycles. The quantitative estimate of drug-likeness (QED) is 0.617. The zero-order valence-electron chi connectivity index (χ0n) is 9.31. The first kappa shape index (κ1) is 11.2. The van der Waals surface area contributed by atoms with Gasteiger partial charge in [0, 0.05) is 22.1 Å². The summed E-state index contributed by atoms with van der Waals surface area (Å²) in [4.78, 5) is 2.26. The second-order valence-electron chi connectivity index (χ2n) is 4.66. The summed E-state index contributed by atoms with van der Waals surface area (Å²) >= 11 is 0. The van der Waals surface area contributed by atoms with Gasteiger partial charge < -0.3 is 9.64 Å². The van der Waals surface area contributed by atoms with E-state index in [2.05, 4.69) is 19.0 Å². The average Bonchev–Trinajstić information content (AvgIpc) is 2.04. The van der Waals surface area contributed by atoms with E-state index < -0.39 is 0 Å². The van der Waals surface area contributed by atoms with Crippen LogP contribution in [0.15, 0.2) is 0 Å². The van der Waals surface area contributed by atoms with E-state index in [-0.39, 0.29) is 0 Å². The van der Waals surface area contributed by atoms with Gasteiger partial charge in [-0.25, -0.2) is 0 Å². The average molecular weight is 201 g/mol. The van der Waals surface area contributed by atoms with Gasteiger partial charge in [0.15, 0.2) is 0 Å². The predicted molar refractivity (Wildman–Crippen MR) is 60.3 cm³/mol. The lowest BCUT2D eigenvalue weighted by molar-refractivity contribution is -0.0244. The van der Waals surface area contributed by atoms with Crippen molar-refractivity contribution in [2.75, 3.05) is 27.2 Å². The van der Waals surface area contributed by atoms with Crippen molar-refractivity contribution in [1.29, 1.82) is 0 Å². The number of hydrogen-bond acceptors (Lipinski definition) is 2. The van der Waals surface area contributed by atoms with Crippen LogP contribution >= 0.6 is 0 Å². The Hall–Kier alpha value is 0.137. The second kappa shape index (κ2) is 5.13. The summed E-state index contributed by atoms with van der Waals surface area (Å²) in [7, 11) is 5.48. The molecule has 3 heteroatoms. The fraction of sp³-hybridized carbons (Fsp3) is 1.00. The van der Waals surface area contributed by atoms with Crippen LogP contribution in [0.4, 0.5) is 0 Å². The summed E-state index contributed by atoms with van der Waals surface area (Å²) in [5, 5.41) is 0.328. The Kier molecular flexibility index (Phi) is 4.42. The molecule has 0 aliphatic carbocycles. The number of hydrogen-bond donors (Lipinski definition) is 0. The van der Waals surface area contributed by atoms with Crippen LogP contribution < -0.4 is 0 Å². The highest BCUT2D eigenvalue weighted by molar-refractivity contribution is 6.14. The highest BCUT2D eigenvalue weighted by Gasteiger charge is 2.26. The predicted octanol–water partition coefficient (Wildman–Crippen LogP) is 0.590. The summed E-state index contributed by atoms with van der Waals surface area (Å²) in [5.41, 5.74) is 0. The summed E-state index contributed by atoms with van der Waals surface area (Å²) in [6.45, 7) is 2.21. The Bertz CT molecular complexity index is 144. The number of rotatable bonds is 4. The Morgan fingerprint density at radius 1 is 1.38 bits per heavy atom. The van der Waals surface area contributed by atoms with Crippen molar-refractivity contribution < 1.29 is 4.74 Å². The molecule has 0 aromatic rings. The van der Waals surface area contributed by atoms with Gasteiger partial charge in [0.25, 0.3) is 0 Å². The fourth-order valence-corrected chi connectivity index (χ4v) is 2.87. The van der Waals surface area contributed by atoms with Gasteiger partial charge in [-0.05, 0) is 52.7 Å². The topological polar surface area (TPSA) is 12.5 Å². The Labute approximate surface area is 85.1 Å². The Balaban J connectivity index is 2.17. The van der Waals surface area contributed by atoms with Gasteiger partial charge in [0.2, 0.25) is 0 Å². The van der Waals surface area contributed by atoms with Gasteiger partial charge >= 0.3 is 0 Å². The van der Waals surface area contributed by atoms with E-state index >= 15 is 0 Å². The molecule has 1 heterocycles.